The molecule has 2 aliphatic rings. The zero-order valence-electron chi connectivity index (χ0n) is 15.7. The summed E-state index contributed by atoms with van der Waals surface area (Å²) in [4.78, 5) is 26.9. The summed E-state index contributed by atoms with van der Waals surface area (Å²) in [6.07, 6.45) is -0.330. The van der Waals surface area contributed by atoms with Gasteiger partial charge in [0.1, 0.15) is 5.75 Å². The Bertz CT molecular complexity index is 1070. The van der Waals surface area contributed by atoms with Crippen molar-refractivity contribution >= 4 is 23.1 Å². The van der Waals surface area contributed by atoms with E-state index >= 15 is 0 Å². The minimum atomic E-state index is -4.90. The molecule has 0 bridgehead atoms. The van der Waals surface area contributed by atoms with E-state index in [1.807, 2.05) is 0 Å². The maximum Gasteiger partial charge on any atom is 0.573 e. The van der Waals surface area contributed by atoms with E-state index in [0.717, 1.165) is 12.8 Å². The summed E-state index contributed by atoms with van der Waals surface area (Å²) in [6.45, 7) is 0. The third-order valence-electron chi connectivity index (χ3n) is 5.11. The monoisotopic (exact) mass is 438 g/mol. The van der Waals surface area contributed by atoms with Crippen molar-refractivity contribution in [3.63, 3.8) is 0 Å². The van der Waals surface area contributed by atoms with Crippen LogP contribution < -0.4 is 15.6 Å². The predicted octanol–water partition coefficient (Wildman–Crippen LogP) is 4.51. The number of aromatic amines is 1. The molecule has 30 heavy (non-hydrogen) atoms. The van der Waals surface area contributed by atoms with Gasteiger partial charge in [0.05, 0.1) is 5.02 Å². The Morgan fingerprint density at radius 1 is 1.13 bits per heavy atom. The van der Waals surface area contributed by atoms with Crippen LogP contribution in [0, 0.1) is 0 Å². The van der Waals surface area contributed by atoms with Crippen molar-refractivity contribution < 1.29 is 22.7 Å². The Morgan fingerprint density at radius 2 is 1.90 bits per heavy atom. The number of nitrogens with one attached hydrogen (secondary N) is 2. The lowest BCUT2D eigenvalue weighted by molar-refractivity contribution is -0.274. The molecule has 1 saturated heterocycles. The van der Waals surface area contributed by atoms with Crippen molar-refractivity contribution in [2.75, 3.05) is 0 Å². The fourth-order valence-electron chi connectivity index (χ4n) is 3.54. The molecule has 1 aromatic carbocycles. The summed E-state index contributed by atoms with van der Waals surface area (Å²) in [5, 5.41) is 2.61. The average molecular weight is 439 g/mol. The van der Waals surface area contributed by atoms with Crippen molar-refractivity contribution in [3.8, 4) is 5.75 Å². The number of hydrogen-bond acceptors (Lipinski definition) is 3. The van der Waals surface area contributed by atoms with Crippen LogP contribution in [0.25, 0.3) is 5.57 Å². The average Bonchev–Trinajstić information content (AvgIpc) is 3.42. The first-order valence-electron chi connectivity index (χ1n) is 9.50. The fraction of sp³-hybridized carbons (Fsp3) is 0.333. The molecule has 4 rings (SSSR count). The number of pyridine rings is 1. The van der Waals surface area contributed by atoms with Gasteiger partial charge in [-0.3, -0.25) is 9.59 Å². The molecular formula is C21H18ClF3N2O3. The number of carbonyl (C=O) groups excluding carboxylic acids is 1. The molecule has 1 aromatic heterocycles. The minimum absolute atomic E-state index is 0.106. The zero-order chi connectivity index (χ0) is 21.5. The molecule has 2 N–H and O–H groups in total. The molecule has 0 radical (unpaired) electrons. The van der Waals surface area contributed by atoms with E-state index in [4.69, 9.17) is 11.6 Å². The third-order valence-corrected chi connectivity index (χ3v) is 5.42. The molecule has 1 atom stereocenters. The van der Waals surface area contributed by atoms with Crippen LogP contribution in [-0.4, -0.2) is 23.3 Å². The second-order valence-corrected chi connectivity index (χ2v) is 7.82. The third kappa shape index (κ3) is 4.70. The lowest BCUT2D eigenvalue weighted by Crippen LogP contribution is -2.24. The number of amides is 1. The first-order chi connectivity index (χ1) is 14.2. The number of rotatable bonds is 5. The molecule has 0 spiro atoms. The number of carbonyl (C=O) groups is 1. The molecule has 1 amide bonds. The zero-order valence-corrected chi connectivity index (χ0v) is 16.4. The van der Waals surface area contributed by atoms with Crippen molar-refractivity contribution in [1.29, 1.82) is 0 Å². The smallest absolute Gasteiger partial charge is 0.404 e. The first-order valence-corrected chi connectivity index (χ1v) is 9.88. The van der Waals surface area contributed by atoms with Gasteiger partial charge < -0.3 is 15.0 Å². The van der Waals surface area contributed by atoms with Gasteiger partial charge in [0.25, 0.3) is 5.56 Å². The van der Waals surface area contributed by atoms with E-state index in [9.17, 15) is 22.8 Å². The highest BCUT2D eigenvalue weighted by Crippen LogP contribution is 2.39. The first kappa shape index (κ1) is 20.5. The Hall–Kier alpha value is -2.74. The van der Waals surface area contributed by atoms with Crippen LogP contribution in [-0.2, 0) is 4.79 Å². The van der Waals surface area contributed by atoms with Gasteiger partial charge in [-0.2, -0.15) is 0 Å². The fourth-order valence-corrected chi connectivity index (χ4v) is 3.69. The summed E-state index contributed by atoms with van der Waals surface area (Å²) < 4.78 is 42.2. The maximum absolute atomic E-state index is 12.7. The second kappa shape index (κ2) is 7.83. The van der Waals surface area contributed by atoms with Gasteiger partial charge >= 0.3 is 6.36 Å². The summed E-state index contributed by atoms with van der Waals surface area (Å²) >= 11 is 5.87. The van der Waals surface area contributed by atoms with Gasteiger partial charge in [-0.1, -0.05) is 29.8 Å². The van der Waals surface area contributed by atoms with Crippen LogP contribution in [0.1, 0.15) is 48.4 Å². The normalized spacial score (nSPS) is 19.7. The number of benzene rings is 1. The summed E-state index contributed by atoms with van der Waals surface area (Å²) in [5.74, 6) is -0.392. The number of aromatic nitrogens is 1. The lowest BCUT2D eigenvalue weighted by Gasteiger charge is -2.15. The van der Waals surface area contributed by atoms with Crippen LogP contribution in [0.4, 0.5) is 13.2 Å². The molecule has 2 heterocycles. The van der Waals surface area contributed by atoms with Gasteiger partial charge in [0.15, 0.2) is 0 Å². The summed E-state index contributed by atoms with van der Waals surface area (Å²) in [5.41, 5.74) is 1.76. The van der Waals surface area contributed by atoms with Gasteiger partial charge in [0, 0.05) is 29.3 Å². The van der Waals surface area contributed by atoms with E-state index in [2.05, 4.69) is 15.0 Å². The quantitative estimate of drug-likeness (QED) is 0.721. The Morgan fingerprint density at radius 3 is 2.50 bits per heavy atom. The Kier molecular flexibility index (Phi) is 5.36. The predicted molar refractivity (Wildman–Crippen MR) is 105 cm³/mol. The Balaban J connectivity index is 1.77. The highest BCUT2D eigenvalue weighted by atomic mass is 35.5. The van der Waals surface area contributed by atoms with Crippen LogP contribution in [0.15, 0.2) is 41.2 Å². The molecule has 1 aliphatic carbocycles. The van der Waals surface area contributed by atoms with Gasteiger partial charge in [-0.25, -0.2) is 0 Å². The van der Waals surface area contributed by atoms with E-state index in [-0.39, 0.29) is 28.4 Å². The maximum atomic E-state index is 12.7. The van der Waals surface area contributed by atoms with Crippen molar-refractivity contribution in [3.05, 3.63) is 68.6 Å². The summed E-state index contributed by atoms with van der Waals surface area (Å²) in [7, 11) is 0. The highest BCUT2D eigenvalue weighted by molar-refractivity contribution is 6.32. The van der Waals surface area contributed by atoms with Gasteiger partial charge in [-0.15, -0.1) is 13.2 Å². The van der Waals surface area contributed by atoms with E-state index < -0.39 is 12.1 Å². The van der Waals surface area contributed by atoms with Crippen LogP contribution in [0.2, 0.25) is 5.02 Å². The van der Waals surface area contributed by atoms with Gasteiger partial charge in [0.2, 0.25) is 5.91 Å². The largest absolute Gasteiger partial charge is 0.573 e. The minimum Gasteiger partial charge on any atom is -0.404 e. The number of halogens is 4. The molecule has 9 heteroatoms. The molecular weight excluding hydrogens is 421 g/mol. The topological polar surface area (TPSA) is 71.2 Å². The van der Waals surface area contributed by atoms with E-state index in [1.165, 1.54) is 12.1 Å². The second-order valence-electron chi connectivity index (χ2n) is 7.42. The van der Waals surface area contributed by atoms with Crippen LogP contribution >= 0.6 is 11.6 Å². The molecule has 2 aromatic rings. The molecule has 1 aliphatic heterocycles. The van der Waals surface area contributed by atoms with Crippen molar-refractivity contribution in [2.45, 2.75) is 44.0 Å². The Labute approximate surface area is 174 Å². The van der Waals surface area contributed by atoms with E-state index in [1.54, 1.807) is 24.3 Å². The number of H-pyrrole nitrogens is 1. The highest BCUT2D eigenvalue weighted by Gasteiger charge is 2.32. The van der Waals surface area contributed by atoms with Crippen LogP contribution in [0.3, 0.4) is 0 Å². The molecule has 1 saturated carbocycles. The van der Waals surface area contributed by atoms with Crippen molar-refractivity contribution in [1.82, 2.24) is 10.3 Å². The summed E-state index contributed by atoms with van der Waals surface area (Å²) in [6, 6.07) is 7.19. The number of ether oxygens (including phenoxy) is 1. The molecule has 2 fully saturated rings. The molecule has 0 unspecified atom stereocenters. The van der Waals surface area contributed by atoms with Crippen molar-refractivity contribution in [2.24, 2.45) is 0 Å². The number of hydrogen-bond donors (Lipinski definition) is 2. The van der Waals surface area contributed by atoms with Gasteiger partial charge in [-0.05, 0) is 48.9 Å². The SMILES string of the molecule is O=C1CC[C@H](/C=C(/c2ccc(Cl)c(OC(F)(F)F)c2)c2ccc(C3CC3)c(=O)[nH]2)N1. The van der Waals surface area contributed by atoms with E-state index in [0.29, 0.717) is 35.2 Å². The van der Waals surface area contributed by atoms with Crippen LogP contribution in [0.5, 0.6) is 5.75 Å². The molecule has 158 valence electrons. The standard InChI is InChI=1S/C21H18ClF3N2O3/c22-16-6-3-12(9-18(16)30-21(23,24)25)15(10-13-4-8-19(28)26-13)17-7-5-14(11-1-2-11)20(29)27-17/h3,5-7,9-11,13H,1-2,4,8H2,(H,26,28)(H,27,29)/b15-10-/t13-/m1/s1. The number of alkyl halides is 3. The lowest BCUT2D eigenvalue weighted by atomic mass is 9.98. The molecule has 5 nitrogen and oxygen atoms in total.